The third-order valence-electron chi connectivity index (χ3n) is 2.62. The van der Waals surface area contributed by atoms with Gasteiger partial charge in [0.05, 0.1) is 29.3 Å². The van der Waals surface area contributed by atoms with Gasteiger partial charge in [-0.2, -0.15) is 0 Å². The maximum atomic E-state index is 13.3. The second-order valence-electron chi connectivity index (χ2n) is 4.00. The van der Waals surface area contributed by atoms with Crippen molar-refractivity contribution in [2.45, 2.75) is 12.1 Å². The zero-order chi connectivity index (χ0) is 12.6. The Morgan fingerprint density at radius 2 is 2.00 bits per heavy atom. The van der Waals surface area contributed by atoms with E-state index in [9.17, 15) is 22.3 Å². The highest BCUT2D eigenvalue weighted by Crippen LogP contribution is 2.21. The van der Waals surface area contributed by atoms with Crippen LogP contribution in [0.5, 0.6) is 0 Å². The van der Waals surface area contributed by atoms with Crippen molar-refractivity contribution in [2.24, 2.45) is 0 Å². The predicted octanol–water partition coefficient (Wildman–Crippen LogP) is 0.535. The maximum absolute atomic E-state index is 13.3. The highest BCUT2D eigenvalue weighted by Gasteiger charge is 2.36. The van der Waals surface area contributed by atoms with Gasteiger partial charge in [-0.1, -0.05) is 6.07 Å². The van der Waals surface area contributed by atoms with E-state index in [0.29, 0.717) is 0 Å². The van der Waals surface area contributed by atoms with Crippen LogP contribution in [0.1, 0.15) is 0 Å². The van der Waals surface area contributed by atoms with E-state index in [-0.39, 0.29) is 17.2 Å². The van der Waals surface area contributed by atoms with E-state index in [0.717, 1.165) is 6.07 Å². The highest BCUT2D eigenvalue weighted by molar-refractivity contribution is 7.91. The Morgan fingerprint density at radius 1 is 1.29 bits per heavy atom. The summed E-state index contributed by atoms with van der Waals surface area (Å²) >= 11 is 0. The van der Waals surface area contributed by atoms with Crippen LogP contribution in [0.3, 0.4) is 0 Å². The minimum atomic E-state index is -3.32. The summed E-state index contributed by atoms with van der Waals surface area (Å²) in [7, 11) is -3.32. The number of aliphatic hydroxyl groups excluding tert-OH is 1. The lowest BCUT2D eigenvalue weighted by atomic mass is 10.2. The number of benzene rings is 1. The molecule has 0 unspecified atom stereocenters. The van der Waals surface area contributed by atoms with Gasteiger partial charge >= 0.3 is 0 Å². The van der Waals surface area contributed by atoms with Crippen molar-refractivity contribution in [3.8, 4) is 0 Å². The van der Waals surface area contributed by atoms with Crippen molar-refractivity contribution in [3.05, 3.63) is 29.8 Å². The van der Waals surface area contributed by atoms with Crippen LogP contribution in [0.15, 0.2) is 18.2 Å². The number of halogens is 2. The molecular formula is C10H11F2NO3S. The number of sulfone groups is 1. The fraction of sp³-hybridized carbons (Fsp3) is 0.400. The third kappa shape index (κ3) is 2.55. The Hall–Kier alpha value is -1.21. The molecule has 1 saturated heterocycles. The zero-order valence-corrected chi connectivity index (χ0v) is 9.55. The first-order valence-electron chi connectivity index (χ1n) is 4.98. The van der Waals surface area contributed by atoms with Gasteiger partial charge in [0.1, 0.15) is 0 Å². The molecule has 1 aromatic rings. The molecule has 1 fully saturated rings. The van der Waals surface area contributed by atoms with E-state index in [2.05, 4.69) is 5.32 Å². The summed E-state index contributed by atoms with van der Waals surface area (Å²) in [5.74, 6) is -2.75. The third-order valence-corrected chi connectivity index (χ3v) is 4.33. The standard InChI is InChI=1S/C10H11F2NO3S/c11-6-2-1-3-7(10(6)12)13-8-4-17(15,16)5-9(8)14/h1-3,8-9,13-14H,4-5H2/t8-,9-/m1/s1. The molecule has 1 heterocycles. The summed E-state index contributed by atoms with van der Waals surface area (Å²) in [6, 6.07) is 2.74. The van der Waals surface area contributed by atoms with Crippen molar-refractivity contribution in [1.82, 2.24) is 0 Å². The van der Waals surface area contributed by atoms with Gasteiger partial charge in [-0.3, -0.25) is 0 Å². The van der Waals surface area contributed by atoms with Crippen molar-refractivity contribution < 1.29 is 22.3 Å². The first-order chi connectivity index (χ1) is 7.89. The Kier molecular flexibility index (Phi) is 3.05. The van der Waals surface area contributed by atoms with Gasteiger partial charge in [0.25, 0.3) is 0 Å². The van der Waals surface area contributed by atoms with Crippen LogP contribution in [-0.2, 0) is 9.84 Å². The minimum Gasteiger partial charge on any atom is -0.390 e. The summed E-state index contributed by atoms with van der Waals surface area (Å²) in [5, 5.41) is 12.0. The van der Waals surface area contributed by atoms with Crippen LogP contribution in [0.25, 0.3) is 0 Å². The summed E-state index contributed by atoms with van der Waals surface area (Å²) in [5.41, 5.74) is -0.147. The quantitative estimate of drug-likeness (QED) is 0.817. The Bertz CT molecular complexity index is 532. The molecule has 94 valence electrons. The second kappa shape index (κ2) is 4.23. The molecule has 0 spiro atoms. The Labute approximate surface area is 97.2 Å². The molecule has 1 aromatic carbocycles. The fourth-order valence-corrected chi connectivity index (χ4v) is 3.52. The lowest BCUT2D eigenvalue weighted by Gasteiger charge is -2.16. The SMILES string of the molecule is O=S1(=O)C[C@@H](O)[C@H](Nc2cccc(F)c2F)C1. The maximum Gasteiger partial charge on any atom is 0.181 e. The Morgan fingerprint density at radius 3 is 2.59 bits per heavy atom. The van der Waals surface area contributed by atoms with Gasteiger partial charge in [0.2, 0.25) is 0 Å². The summed E-state index contributed by atoms with van der Waals surface area (Å²) in [6.45, 7) is 0. The number of aliphatic hydroxyl groups is 1. The molecule has 0 saturated carbocycles. The van der Waals surface area contributed by atoms with E-state index in [4.69, 9.17) is 0 Å². The van der Waals surface area contributed by atoms with Crippen molar-refractivity contribution in [3.63, 3.8) is 0 Å². The lowest BCUT2D eigenvalue weighted by molar-refractivity contribution is 0.190. The first-order valence-corrected chi connectivity index (χ1v) is 6.80. The van der Waals surface area contributed by atoms with Crippen LogP contribution in [0.2, 0.25) is 0 Å². The molecule has 2 rings (SSSR count). The van der Waals surface area contributed by atoms with E-state index in [1.165, 1.54) is 12.1 Å². The van der Waals surface area contributed by atoms with Crippen molar-refractivity contribution in [2.75, 3.05) is 16.8 Å². The Balaban J connectivity index is 2.20. The van der Waals surface area contributed by atoms with Crippen LogP contribution in [0, 0.1) is 11.6 Å². The zero-order valence-electron chi connectivity index (χ0n) is 8.73. The van der Waals surface area contributed by atoms with Crippen molar-refractivity contribution >= 4 is 15.5 Å². The smallest absolute Gasteiger partial charge is 0.181 e. The van der Waals surface area contributed by atoms with E-state index >= 15 is 0 Å². The monoisotopic (exact) mass is 263 g/mol. The first kappa shape index (κ1) is 12.3. The van der Waals surface area contributed by atoms with Crippen LogP contribution >= 0.6 is 0 Å². The molecule has 4 nitrogen and oxygen atoms in total. The summed E-state index contributed by atoms with van der Waals surface area (Å²) < 4.78 is 48.7. The van der Waals surface area contributed by atoms with E-state index in [1.807, 2.05) is 0 Å². The van der Waals surface area contributed by atoms with Crippen LogP contribution in [-0.4, -0.2) is 37.2 Å². The number of hydrogen-bond acceptors (Lipinski definition) is 4. The molecule has 0 aliphatic carbocycles. The molecule has 0 aromatic heterocycles. The predicted molar refractivity (Wildman–Crippen MR) is 58.4 cm³/mol. The fourth-order valence-electron chi connectivity index (χ4n) is 1.78. The highest BCUT2D eigenvalue weighted by atomic mass is 32.2. The lowest BCUT2D eigenvalue weighted by Crippen LogP contribution is -2.32. The van der Waals surface area contributed by atoms with Gasteiger partial charge in [0, 0.05) is 0 Å². The molecule has 2 N–H and O–H groups in total. The number of hydrogen-bond donors (Lipinski definition) is 2. The normalized spacial score (nSPS) is 27.0. The van der Waals surface area contributed by atoms with Gasteiger partial charge in [-0.05, 0) is 12.1 Å². The van der Waals surface area contributed by atoms with Gasteiger partial charge < -0.3 is 10.4 Å². The summed E-state index contributed by atoms with van der Waals surface area (Å²) in [6.07, 6.45) is -1.11. The molecule has 17 heavy (non-hydrogen) atoms. The number of nitrogens with one attached hydrogen (secondary N) is 1. The minimum absolute atomic E-state index is 0.147. The number of rotatable bonds is 2. The molecule has 7 heteroatoms. The second-order valence-corrected chi connectivity index (χ2v) is 6.15. The molecule has 2 atom stereocenters. The van der Waals surface area contributed by atoms with Crippen LogP contribution < -0.4 is 5.32 Å². The van der Waals surface area contributed by atoms with E-state index in [1.54, 1.807) is 0 Å². The average Bonchev–Trinajstić information content (AvgIpc) is 2.47. The average molecular weight is 263 g/mol. The van der Waals surface area contributed by atoms with Crippen molar-refractivity contribution in [1.29, 1.82) is 0 Å². The number of anilines is 1. The molecular weight excluding hydrogens is 252 g/mol. The molecule has 1 aliphatic heterocycles. The summed E-state index contributed by atoms with van der Waals surface area (Å²) in [4.78, 5) is 0. The largest absolute Gasteiger partial charge is 0.390 e. The van der Waals surface area contributed by atoms with Gasteiger partial charge in [0.15, 0.2) is 21.5 Å². The van der Waals surface area contributed by atoms with Crippen LogP contribution in [0.4, 0.5) is 14.5 Å². The van der Waals surface area contributed by atoms with Gasteiger partial charge in [-0.15, -0.1) is 0 Å². The molecule has 0 radical (unpaired) electrons. The topological polar surface area (TPSA) is 66.4 Å². The molecule has 1 aliphatic rings. The van der Waals surface area contributed by atoms with E-state index < -0.39 is 33.6 Å². The molecule has 0 bridgehead atoms. The molecule has 0 amide bonds. The van der Waals surface area contributed by atoms with Gasteiger partial charge in [-0.25, -0.2) is 17.2 Å².